The van der Waals surface area contributed by atoms with Crippen LogP contribution in [0.5, 0.6) is 0 Å². The van der Waals surface area contributed by atoms with Crippen LogP contribution >= 0.6 is 23.2 Å². The second-order valence-corrected chi connectivity index (χ2v) is 8.40. The van der Waals surface area contributed by atoms with Crippen LogP contribution in [0, 0.1) is 0 Å². The van der Waals surface area contributed by atoms with Crippen LogP contribution in [0.15, 0.2) is 52.1 Å². The number of H-pyrrole nitrogens is 1. The molecule has 0 unspecified atom stereocenters. The first-order valence-electron chi connectivity index (χ1n) is 10.2. The molecular weight excluding hydrogens is 423 g/mol. The fourth-order valence-electron chi connectivity index (χ4n) is 4.01. The van der Waals surface area contributed by atoms with Crippen LogP contribution in [0.3, 0.4) is 0 Å². The second kappa shape index (κ2) is 9.25. The van der Waals surface area contributed by atoms with Crippen LogP contribution in [0.4, 0.5) is 5.69 Å². The second-order valence-electron chi connectivity index (χ2n) is 7.56. The summed E-state index contributed by atoms with van der Waals surface area (Å²) in [6.07, 6.45) is 1.82. The zero-order valence-corrected chi connectivity index (χ0v) is 18.1. The van der Waals surface area contributed by atoms with Gasteiger partial charge in [0.1, 0.15) is 0 Å². The Kier molecular flexibility index (Phi) is 6.46. The Bertz CT molecular complexity index is 1150. The highest BCUT2D eigenvalue weighted by Crippen LogP contribution is 2.26. The average Bonchev–Trinajstić information content (AvgIpc) is 2.74. The van der Waals surface area contributed by atoms with Crippen LogP contribution in [-0.2, 0) is 6.54 Å². The van der Waals surface area contributed by atoms with E-state index in [9.17, 15) is 9.59 Å². The standard InChI is InChI=1S/C22H24Cl2N4O2/c23-16-7-8-17-20(15-16)28(22(30)25-21(17)29)10-4-3-9-26-11-13-27(14-12-26)19-6-2-1-5-18(19)24/h1-2,5-8,15H,3-4,9-14H2,(H,25,29,30). The molecule has 2 aromatic carbocycles. The van der Waals surface area contributed by atoms with E-state index in [-0.39, 0.29) is 11.2 Å². The van der Waals surface area contributed by atoms with Gasteiger partial charge in [0.2, 0.25) is 0 Å². The number of aromatic amines is 1. The van der Waals surface area contributed by atoms with Crippen molar-refractivity contribution in [2.45, 2.75) is 19.4 Å². The molecule has 6 nitrogen and oxygen atoms in total. The van der Waals surface area contributed by atoms with E-state index < -0.39 is 0 Å². The molecule has 1 aromatic heterocycles. The lowest BCUT2D eigenvalue weighted by Gasteiger charge is -2.36. The molecule has 3 aromatic rings. The van der Waals surface area contributed by atoms with Crippen LogP contribution in [-0.4, -0.2) is 47.2 Å². The van der Waals surface area contributed by atoms with E-state index in [0.29, 0.717) is 22.5 Å². The van der Waals surface area contributed by atoms with Crippen molar-refractivity contribution in [2.75, 3.05) is 37.6 Å². The van der Waals surface area contributed by atoms with Gasteiger partial charge in [0.05, 0.1) is 21.6 Å². The minimum absolute atomic E-state index is 0.376. The largest absolute Gasteiger partial charge is 0.368 e. The SMILES string of the molecule is O=c1[nH]c(=O)n(CCCCN2CCN(c3ccccc3Cl)CC2)c2cc(Cl)ccc12. The predicted octanol–water partition coefficient (Wildman–Crippen LogP) is 3.60. The predicted molar refractivity (Wildman–Crippen MR) is 123 cm³/mol. The zero-order chi connectivity index (χ0) is 21.1. The summed E-state index contributed by atoms with van der Waals surface area (Å²) < 4.78 is 1.61. The van der Waals surface area contributed by atoms with Gasteiger partial charge in [0.25, 0.3) is 5.56 Å². The van der Waals surface area contributed by atoms with Crippen molar-refractivity contribution >= 4 is 39.8 Å². The molecule has 0 spiro atoms. The summed E-state index contributed by atoms with van der Waals surface area (Å²) in [5.74, 6) is 0. The zero-order valence-electron chi connectivity index (χ0n) is 16.6. The molecule has 1 aliphatic rings. The van der Waals surface area contributed by atoms with Crippen molar-refractivity contribution in [2.24, 2.45) is 0 Å². The number of fused-ring (bicyclic) bond motifs is 1. The number of aryl methyl sites for hydroxylation is 1. The minimum atomic E-state index is -0.386. The number of nitrogens with zero attached hydrogens (tertiary/aromatic N) is 3. The molecule has 1 saturated heterocycles. The molecular formula is C22H24Cl2N4O2. The molecule has 0 bridgehead atoms. The van der Waals surface area contributed by atoms with E-state index in [2.05, 4.69) is 20.9 Å². The van der Waals surface area contributed by atoms with Gasteiger partial charge in [-0.3, -0.25) is 19.2 Å². The summed E-state index contributed by atoms with van der Waals surface area (Å²) in [5, 5.41) is 1.79. The van der Waals surface area contributed by atoms with Gasteiger partial charge in [0.15, 0.2) is 0 Å². The summed E-state index contributed by atoms with van der Waals surface area (Å²) in [7, 11) is 0. The van der Waals surface area contributed by atoms with Gasteiger partial charge in [-0.1, -0.05) is 35.3 Å². The number of unbranched alkanes of at least 4 members (excludes halogenated alkanes) is 1. The number of piperazine rings is 1. The van der Waals surface area contributed by atoms with Crippen molar-refractivity contribution in [1.82, 2.24) is 14.5 Å². The Balaban J connectivity index is 1.31. The summed E-state index contributed by atoms with van der Waals surface area (Å²) in [6, 6.07) is 13.0. The monoisotopic (exact) mass is 446 g/mol. The highest BCUT2D eigenvalue weighted by Gasteiger charge is 2.18. The first-order valence-corrected chi connectivity index (χ1v) is 10.9. The number of para-hydroxylation sites is 1. The van der Waals surface area contributed by atoms with E-state index in [0.717, 1.165) is 56.3 Å². The molecule has 1 aliphatic heterocycles. The molecule has 158 valence electrons. The van der Waals surface area contributed by atoms with Gasteiger partial charge in [-0.15, -0.1) is 0 Å². The Hall–Kier alpha value is -2.28. The fourth-order valence-corrected chi connectivity index (χ4v) is 4.43. The maximum atomic E-state index is 12.3. The smallest absolute Gasteiger partial charge is 0.328 e. The fraction of sp³-hybridized carbons (Fsp3) is 0.364. The average molecular weight is 447 g/mol. The maximum Gasteiger partial charge on any atom is 0.328 e. The minimum Gasteiger partial charge on any atom is -0.368 e. The molecule has 4 rings (SSSR count). The number of anilines is 1. The highest BCUT2D eigenvalue weighted by molar-refractivity contribution is 6.33. The number of rotatable bonds is 6. The topological polar surface area (TPSA) is 61.3 Å². The highest BCUT2D eigenvalue weighted by atomic mass is 35.5. The summed E-state index contributed by atoms with van der Waals surface area (Å²) in [5.41, 5.74) is 0.925. The number of halogens is 2. The number of hydrogen-bond acceptors (Lipinski definition) is 4. The third-order valence-electron chi connectivity index (χ3n) is 5.63. The van der Waals surface area contributed by atoms with Crippen molar-refractivity contribution in [1.29, 1.82) is 0 Å². The first-order chi connectivity index (χ1) is 14.5. The van der Waals surface area contributed by atoms with Gasteiger partial charge < -0.3 is 4.90 Å². The third-order valence-corrected chi connectivity index (χ3v) is 6.19. The molecule has 0 atom stereocenters. The lowest BCUT2D eigenvalue weighted by Crippen LogP contribution is -2.46. The van der Waals surface area contributed by atoms with Gasteiger partial charge in [-0.05, 0) is 49.7 Å². The number of hydrogen-bond donors (Lipinski definition) is 1. The van der Waals surface area contributed by atoms with Gasteiger partial charge in [0, 0.05) is 37.7 Å². The van der Waals surface area contributed by atoms with Crippen molar-refractivity contribution in [3.05, 3.63) is 73.3 Å². The van der Waals surface area contributed by atoms with Gasteiger partial charge >= 0.3 is 5.69 Å². The molecule has 8 heteroatoms. The van der Waals surface area contributed by atoms with E-state index in [1.807, 2.05) is 18.2 Å². The normalized spacial score (nSPS) is 15.1. The number of aromatic nitrogens is 2. The molecule has 0 radical (unpaired) electrons. The van der Waals surface area contributed by atoms with Crippen LogP contribution in [0.25, 0.3) is 10.9 Å². The first kappa shape index (κ1) is 21.0. The summed E-state index contributed by atoms with van der Waals surface area (Å²) in [6.45, 7) is 5.41. The van der Waals surface area contributed by atoms with E-state index in [1.165, 1.54) is 0 Å². The van der Waals surface area contributed by atoms with Crippen molar-refractivity contribution in [3.8, 4) is 0 Å². The molecule has 0 amide bonds. The Morgan fingerprint density at radius 1 is 0.900 bits per heavy atom. The molecule has 2 heterocycles. The number of benzene rings is 2. The molecule has 0 saturated carbocycles. The number of nitrogens with one attached hydrogen (secondary N) is 1. The van der Waals surface area contributed by atoms with Gasteiger partial charge in [-0.2, -0.15) is 0 Å². The Morgan fingerprint density at radius 2 is 1.63 bits per heavy atom. The van der Waals surface area contributed by atoms with Gasteiger partial charge in [-0.25, -0.2) is 4.79 Å². The van der Waals surface area contributed by atoms with Crippen LogP contribution in [0.1, 0.15) is 12.8 Å². The molecule has 1 fully saturated rings. The third kappa shape index (κ3) is 4.56. The lowest BCUT2D eigenvalue weighted by molar-refractivity contribution is 0.251. The summed E-state index contributed by atoms with van der Waals surface area (Å²) >= 11 is 12.4. The Labute approximate surface area is 184 Å². The molecule has 1 N–H and O–H groups in total. The molecule has 0 aliphatic carbocycles. The molecule has 30 heavy (non-hydrogen) atoms. The van der Waals surface area contributed by atoms with E-state index in [1.54, 1.807) is 22.8 Å². The maximum absolute atomic E-state index is 12.3. The van der Waals surface area contributed by atoms with Crippen molar-refractivity contribution in [3.63, 3.8) is 0 Å². The van der Waals surface area contributed by atoms with Crippen molar-refractivity contribution < 1.29 is 0 Å². The van der Waals surface area contributed by atoms with Crippen LogP contribution < -0.4 is 16.1 Å². The Morgan fingerprint density at radius 3 is 2.40 bits per heavy atom. The van der Waals surface area contributed by atoms with E-state index >= 15 is 0 Å². The van der Waals surface area contributed by atoms with E-state index in [4.69, 9.17) is 23.2 Å². The quantitative estimate of drug-likeness (QED) is 0.587. The van der Waals surface area contributed by atoms with Crippen LogP contribution in [0.2, 0.25) is 10.0 Å². The summed E-state index contributed by atoms with van der Waals surface area (Å²) in [4.78, 5) is 31.5. The lowest BCUT2D eigenvalue weighted by atomic mass is 10.2.